The summed E-state index contributed by atoms with van der Waals surface area (Å²) in [6, 6.07) is 9.73. The van der Waals surface area contributed by atoms with Crippen molar-refractivity contribution in [3.8, 4) is 5.75 Å². The topological polar surface area (TPSA) is 64.6 Å². The highest BCUT2D eigenvalue weighted by atomic mass is 32.1. The Morgan fingerprint density at radius 1 is 1.12 bits per heavy atom. The SMILES string of the molecule is COC(=O)c1sccc1NC(=O)CCCOc1ccc(C(C)(C)C)cc1. The van der Waals surface area contributed by atoms with Crippen LogP contribution >= 0.6 is 11.3 Å². The van der Waals surface area contributed by atoms with E-state index in [0.717, 1.165) is 5.75 Å². The predicted molar refractivity (Wildman–Crippen MR) is 104 cm³/mol. The highest BCUT2D eigenvalue weighted by Crippen LogP contribution is 2.25. The van der Waals surface area contributed by atoms with E-state index in [2.05, 4.69) is 38.2 Å². The van der Waals surface area contributed by atoms with Crippen molar-refractivity contribution in [2.24, 2.45) is 0 Å². The molecule has 0 fully saturated rings. The molecule has 0 aliphatic rings. The number of nitrogens with one attached hydrogen (secondary N) is 1. The number of esters is 1. The molecule has 0 spiro atoms. The maximum absolute atomic E-state index is 12.0. The van der Waals surface area contributed by atoms with E-state index in [0.29, 0.717) is 30.0 Å². The van der Waals surface area contributed by atoms with Crippen LogP contribution in [0.2, 0.25) is 0 Å². The average molecular weight is 375 g/mol. The van der Waals surface area contributed by atoms with E-state index < -0.39 is 5.97 Å². The molecule has 0 radical (unpaired) electrons. The molecular formula is C20H25NO4S. The van der Waals surface area contributed by atoms with Gasteiger partial charge in [0.05, 0.1) is 19.4 Å². The lowest BCUT2D eigenvalue weighted by atomic mass is 9.87. The van der Waals surface area contributed by atoms with Crippen LogP contribution in [-0.4, -0.2) is 25.6 Å². The van der Waals surface area contributed by atoms with Crippen LogP contribution in [0.15, 0.2) is 35.7 Å². The molecular weight excluding hydrogens is 350 g/mol. The van der Waals surface area contributed by atoms with Crippen molar-refractivity contribution in [3.05, 3.63) is 46.2 Å². The number of anilines is 1. The normalized spacial score (nSPS) is 11.1. The maximum atomic E-state index is 12.0. The smallest absolute Gasteiger partial charge is 0.350 e. The fourth-order valence-corrected chi connectivity index (χ4v) is 3.11. The number of benzene rings is 1. The Morgan fingerprint density at radius 2 is 1.81 bits per heavy atom. The number of ether oxygens (including phenoxy) is 2. The third-order valence-electron chi connectivity index (χ3n) is 3.85. The number of hydrogen-bond donors (Lipinski definition) is 1. The molecule has 0 saturated carbocycles. The van der Waals surface area contributed by atoms with Gasteiger partial charge >= 0.3 is 5.97 Å². The molecule has 0 saturated heterocycles. The molecule has 1 aromatic heterocycles. The van der Waals surface area contributed by atoms with Crippen molar-refractivity contribution in [1.29, 1.82) is 0 Å². The van der Waals surface area contributed by atoms with Crippen LogP contribution in [0.1, 0.15) is 48.8 Å². The van der Waals surface area contributed by atoms with Crippen LogP contribution in [0, 0.1) is 0 Å². The minimum absolute atomic E-state index is 0.112. The lowest BCUT2D eigenvalue weighted by Crippen LogP contribution is -2.14. The molecule has 0 atom stereocenters. The number of methoxy groups -OCH3 is 1. The molecule has 1 aromatic carbocycles. The summed E-state index contributed by atoms with van der Waals surface area (Å²) in [4.78, 5) is 24.0. The van der Waals surface area contributed by atoms with Gasteiger partial charge in [0.25, 0.3) is 0 Å². The number of amides is 1. The molecule has 2 rings (SSSR count). The minimum atomic E-state index is -0.447. The molecule has 26 heavy (non-hydrogen) atoms. The summed E-state index contributed by atoms with van der Waals surface area (Å²) in [6.45, 7) is 6.96. The van der Waals surface area contributed by atoms with Gasteiger partial charge in [-0.25, -0.2) is 4.79 Å². The highest BCUT2D eigenvalue weighted by molar-refractivity contribution is 7.12. The number of carbonyl (C=O) groups excluding carboxylic acids is 2. The summed E-state index contributed by atoms with van der Waals surface area (Å²) in [6.07, 6.45) is 0.904. The zero-order valence-electron chi connectivity index (χ0n) is 15.6. The molecule has 0 aliphatic carbocycles. The zero-order chi connectivity index (χ0) is 19.2. The van der Waals surface area contributed by atoms with Gasteiger partial charge in [0.15, 0.2) is 0 Å². The summed E-state index contributed by atoms with van der Waals surface area (Å²) < 4.78 is 10.4. The maximum Gasteiger partial charge on any atom is 0.350 e. The highest BCUT2D eigenvalue weighted by Gasteiger charge is 2.15. The van der Waals surface area contributed by atoms with E-state index in [1.165, 1.54) is 24.0 Å². The summed E-state index contributed by atoms with van der Waals surface area (Å²) in [5.41, 5.74) is 1.85. The fourth-order valence-electron chi connectivity index (χ4n) is 2.35. The van der Waals surface area contributed by atoms with E-state index in [-0.39, 0.29) is 11.3 Å². The predicted octanol–water partition coefficient (Wildman–Crippen LogP) is 4.63. The molecule has 140 valence electrons. The summed E-state index contributed by atoms with van der Waals surface area (Å²) >= 11 is 1.24. The van der Waals surface area contributed by atoms with Crippen molar-refractivity contribution in [3.63, 3.8) is 0 Å². The van der Waals surface area contributed by atoms with Gasteiger partial charge in [0.2, 0.25) is 5.91 Å². The zero-order valence-corrected chi connectivity index (χ0v) is 16.4. The van der Waals surface area contributed by atoms with Crippen LogP contribution in [0.4, 0.5) is 5.69 Å². The Hall–Kier alpha value is -2.34. The summed E-state index contributed by atoms with van der Waals surface area (Å²) in [5.74, 6) is 0.196. The molecule has 5 nitrogen and oxygen atoms in total. The third kappa shape index (κ3) is 5.59. The van der Waals surface area contributed by atoms with E-state index >= 15 is 0 Å². The van der Waals surface area contributed by atoms with Gasteiger partial charge in [-0.05, 0) is 41.0 Å². The lowest BCUT2D eigenvalue weighted by Gasteiger charge is -2.19. The van der Waals surface area contributed by atoms with Gasteiger partial charge in [-0.2, -0.15) is 0 Å². The van der Waals surface area contributed by atoms with E-state index in [1.54, 1.807) is 11.4 Å². The first kappa shape index (κ1) is 20.0. The summed E-state index contributed by atoms with van der Waals surface area (Å²) in [5, 5.41) is 4.49. The van der Waals surface area contributed by atoms with Gasteiger partial charge in [0.1, 0.15) is 10.6 Å². The van der Waals surface area contributed by atoms with Crippen molar-refractivity contribution in [2.75, 3.05) is 19.0 Å². The van der Waals surface area contributed by atoms with Gasteiger partial charge < -0.3 is 14.8 Å². The van der Waals surface area contributed by atoms with Crippen LogP contribution < -0.4 is 10.1 Å². The largest absolute Gasteiger partial charge is 0.494 e. The molecule has 0 unspecified atom stereocenters. The number of thiophene rings is 1. The second-order valence-corrected chi connectivity index (χ2v) is 7.85. The van der Waals surface area contributed by atoms with Crippen molar-refractivity contribution in [1.82, 2.24) is 0 Å². The molecule has 1 amide bonds. The van der Waals surface area contributed by atoms with E-state index in [1.807, 2.05) is 12.1 Å². The summed E-state index contributed by atoms with van der Waals surface area (Å²) in [7, 11) is 1.32. The molecule has 0 bridgehead atoms. The quantitative estimate of drug-likeness (QED) is 0.566. The Labute approximate surface area is 158 Å². The van der Waals surface area contributed by atoms with E-state index in [4.69, 9.17) is 9.47 Å². The van der Waals surface area contributed by atoms with Gasteiger partial charge in [-0.3, -0.25) is 4.79 Å². The lowest BCUT2D eigenvalue weighted by molar-refractivity contribution is -0.116. The van der Waals surface area contributed by atoms with Crippen molar-refractivity contribution < 1.29 is 19.1 Å². The van der Waals surface area contributed by atoms with Crippen LogP contribution in [0.25, 0.3) is 0 Å². The number of rotatable bonds is 7. The molecule has 1 heterocycles. The van der Waals surface area contributed by atoms with Crippen molar-refractivity contribution in [2.45, 2.75) is 39.0 Å². The average Bonchev–Trinajstić information content (AvgIpc) is 3.05. The van der Waals surface area contributed by atoms with Gasteiger partial charge in [-0.15, -0.1) is 11.3 Å². The Morgan fingerprint density at radius 3 is 2.42 bits per heavy atom. The Kier molecular flexibility index (Phi) is 6.80. The first-order valence-electron chi connectivity index (χ1n) is 8.50. The molecule has 1 N–H and O–H groups in total. The molecule has 0 aliphatic heterocycles. The van der Waals surface area contributed by atoms with Gasteiger partial charge in [-0.1, -0.05) is 32.9 Å². The first-order chi connectivity index (χ1) is 12.3. The van der Waals surface area contributed by atoms with Crippen LogP contribution in [0.3, 0.4) is 0 Å². The minimum Gasteiger partial charge on any atom is -0.494 e. The van der Waals surface area contributed by atoms with Crippen LogP contribution in [0.5, 0.6) is 5.75 Å². The van der Waals surface area contributed by atoms with Gasteiger partial charge in [0, 0.05) is 6.42 Å². The molecule has 2 aromatic rings. The Balaban J connectivity index is 1.75. The monoisotopic (exact) mass is 375 g/mol. The number of hydrogen-bond acceptors (Lipinski definition) is 5. The fraction of sp³-hybridized carbons (Fsp3) is 0.400. The van der Waals surface area contributed by atoms with Crippen LogP contribution in [-0.2, 0) is 14.9 Å². The second-order valence-electron chi connectivity index (χ2n) is 6.93. The van der Waals surface area contributed by atoms with Crippen molar-refractivity contribution >= 4 is 28.9 Å². The van der Waals surface area contributed by atoms with E-state index in [9.17, 15) is 9.59 Å². The first-order valence-corrected chi connectivity index (χ1v) is 9.38. The number of carbonyl (C=O) groups is 2. The second kappa shape index (κ2) is 8.85. The molecule has 6 heteroatoms. The third-order valence-corrected chi connectivity index (χ3v) is 4.74. The standard InChI is InChI=1S/C20H25NO4S/c1-20(2,3)14-7-9-15(10-8-14)25-12-5-6-17(22)21-16-11-13-26-18(16)19(23)24-4/h7-11,13H,5-6,12H2,1-4H3,(H,21,22). The Bertz CT molecular complexity index is 744.